The average Bonchev–Trinajstić information content (AvgIpc) is 2.48. The number of hydrazine groups is 1. The second-order valence-electron chi connectivity index (χ2n) is 4.49. The van der Waals surface area contributed by atoms with Crippen molar-refractivity contribution in [2.45, 2.75) is 6.42 Å². The summed E-state index contributed by atoms with van der Waals surface area (Å²) < 4.78 is 0. The number of para-hydroxylation sites is 1. The lowest BCUT2D eigenvalue weighted by Crippen LogP contribution is -2.08. The Bertz CT molecular complexity index is 693. The van der Waals surface area contributed by atoms with E-state index in [1.165, 1.54) is 11.1 Å². The number of nitrogens with one attached hydrogen (secondary N) is 1. The van der Waals surface area contributed by atoms with Gasteiger partial charge in [-0.25, -0.2) is 10.8 Å². The Hall–Kier alpha value is -2.39. The van der Waals surface area contributed by atoms with E-state index in [4.69, 9.17) is 5.84 Å². The monoisotopic (exact) mass is 249 g/mol. The van der Waals surface area contributed by atoms with Gasteiger partial charge in [0.15, 0.2) is 0 Å². The molecule has 0 radical (unpaired) electrons. The quantitative estimate of drug-likeness (QED) is 0.554. The maximum Gasteiger partial charge on any atom is 0.140 e. The molecule has 0 fully saturated rings. The molecule has 0 atom stereocenters. The van der Waals surface area contributed by atoms with Gasteiger partial charge in [0.25, 0.3) is 0 Å². The third-order valence-electron chi connectivity index (χ3n) is 3.19. The zero-order valence-corrected chi connectivity index (χ0v) is 10.5. The maximum atomic E-state index is 5.43. The SMILES string of the molecule is NNc1ccc2cccc(Cc3ccccc3)c2n1. The molecule has 1 heterocycles. The normalized spacial score (nSPS) is 10.6. The van der Waals surface area contributed by atoms with Crippen molar-refractivity contribution in [3.8, 4) is 0 Å². The minimum absolute atomic E-state index is 0.688. The van der Waals surface area contributed by atoms with Gasteiger partial charge in [-0.1, -0.05) is 48.5 Å². The molecule has 0 bridgehead atoms. The number of nitrogen functional groups attached to an aromatic ring is 1. The van der Waals surface area contributed by atoms with Gasteiger partial charge in [0.1, 0.15) is 5.82 Å². The summed E-state index contributed by atoms with van der Waals surface area (Å²) in [6, 6.07) is 20.6. The minimum atomic E-state index is 0.688. The third kappa shape index (κ3) is 2.41. The number of hydrogen-bond donors (Lipinski definition) is 2. The van der Waals surface area contributed by atoms with Crippen LogP contribution in [0, 0.1) is 0 Å². The highest BCUT2D eigenvalue weighted by atomic mass is 15.2. The number of benzene rings is 2. The molecule has 0 saturated carbocycles. The zero-order valence-electron chi connectivity index (χ0n) is 10.5. The average molecular weight is 249 g/mol. The number of nitrogens with two attached hydrogens (primary N) is 1. The van der Waals surface area contributed by atoms with Crippen molar-refractivity contribution in [3.63, 3.8) is 0 Å². The lowest BCUT2D eigenvalue weighted by molar-refractivity contribution is 1.18. The van der Waals surface area contributed by atoms with Crippen LogP contribution in [0.3, 0.4) is 0 Å². The van der Waals surface area contributed by atoms with Gasteiger partial charge in [-0.15, -0.1) is 0 Å². The van der Waals surface area contributed by atoms with Gasteiger partial charge in [0.05, 0.1) is 5.52 Å². The molecule has 0 unspecified atom stereocenters. The molecule has 3 nitrogen and oxygen atoms in total. The molecule has 3 rings (SSSR count). The second kappa shape index (κ2) is 5.08. The van der Waals surface area contributed by atoms with Gasteiger partial charge < -0.3 is 5.43 Å². The molecule has 3 aromatic rings. The van der Waals surface area contributed by atoms with Crippen LogP contribution in [0.15, 0.2) is 60.7 Å². The van der Waals surface area contributed by atoms with Crippen molar-refractivity contribution in [1.82, 2.24) is 4.98 Å². The van der Waals surface area contributed by atoms with Crippen LogP contribution in [0.1, 0.15) is 11.1 Å². The summed E-state index contributed by atoms with van der Waals surface area (Å²) in [5, 5.41) is 1.13. The molecule has 0 spiro atoms. The Labute approximate surface area is 112 Å². The smallest absolute Gasteiger partial charge is 0.140 e. The Morgan fingerprint density at radius 3 is 2.53 bits per heavy atom. The number of aromatic nitrogens is 1. The van der Waals surface area contributed by atoms with Crippen molar-refractivity contribution < 1.29 is 0 Å². The summed E-state index contributed by atoms with van der Waals surface area (Å²) in [4.78, 5) is 4.55. The van der Waals surface area contributed by atoms with Crippen molar-refractivity contribution >= 4 is 16.7 Å². The highest BCUT2D eigenvalue weighted by Gasteiger charge is 2.04. The van der Waals surface area contributed by atoms with Crippen LogP contribution in [0.5, 0.6) is 0 Å². The first-order chi connectivity index (χ1) is 9.36. The minimum Gasteiger partial charge on any atom is -0.308 e. The number of pyridine rings is 1. The van der Waals surface area contributed by atoms with Crippen LogP contribution in [0.25, 0.3) is 10.9 Å². The van der Waals surface area contributed by atoms with Crippen LogP contribution in [0.4, 0.5) is 5.82 Å². The molecule has 0 aliphatic heterocycles. The highest BCUT2D eigenvalue weighted by molar-refractivity contribution is 5.83. The molecule has 0 saturated heterocycles. The molecule has 0 aliphatic rings. The van der Waals surface area contributed by atoms with Crippen LogP contribution in [-0.4, -0.2) is 4.98 Å². The molecule has 3 N–H and O–H groups in total. The first kappa shape index (κ1) is 11.7. The summed E-state index contributed by atoms with van der Waals surface area (Å²) in [6.07, 6.45) is 0.874. The van der Waals surface area contributed by atoms with Crippen molar-refractivity contribution in [3.05, 3.63) is 71.8 Å². The number of fused-ring (bicyclic) bond motifs is 1. The lowest BCUT2D eigenvalue weighted by Gasteiger charge is -2.08. The second-order valence-corrected chi connectivity index (χ2v) is 4.49. The molecular weight excluding hydrogens is 234 g/mol. The fourth-order valence-corrected chi connectivity index (χ4v) is 2.25. The molecule has 2 aromatic carbocycles. The maximum absolute atomic E-state index is 5.43. The van der Waals surface area contributed by atoms with Crippen molar-refractivity contribution in [2.24, 2.45) is 5.84 Å². The summed E-state index contributed by atoms with van der Waals surface area (Å²) in [5.74, 6) is 6.12. The number of nitrogens with zero attached hydrogens (tertiary/aromatic N) is 1. The fourth-order valence-electron chi connectivity index (χ4n) is 2.25. The highest BCUT2D eigenvalue weighted by Crippen LogP contribution is 2.21. The Morgan fingerprint density at radius 2 is 1.74 bits per heavy atom. The topological polar surface area (TPSA) is 50.9 Å². The van der Waals surface area contributed by atoms with E-state index in [9.17, 15) is 0 Å². The standard InChI is InChI=1S/C16H15N3/c17-19-15-10-9-13-7-4-8-14(16(13)18-15)11-12-5-2-1-3-6-12/h1-10H,11,17H2,(H,18,19). The van der Waals surface area contributed by atoms with E-state index in [1.54, 1.807) is 0 Å². The van der Waals surface area contributed by atoms with E-state index in [0.29, 0.717) is 5.82 Å². The fraction of sp³-hybridized carbons (Fsp3) is 0.0625. The summed E-state index contributed by atoms with van der Waals surface area (Å²) in [7, 11) is 0. The van der Waals surface area contributed by atoms with Crippen molar-refractivity contribution in [1.29, 1.82) is 0 Å². The van der Waals surface area contributed by atoms with Gasteiger partial charge in [-0.05, 0) is 29.7 Å². The van der Waals surface area contributed by atoms with Gasteiger partial charge in [0, 0.05) is 5.39 Å². The lowest BCUT2D eigenvalue weighted by atomic mass is 10.0. The van der Waals surface area contributed by atoms with E-state index >= 15 is 0 Å². The van der Waals surface area contributed by atoms with Gasteiger partial charge >= 0.3 is 0 Å². The third-order valence-corrected chi connectivity index (χ3v) is 3.19. The van der Waals surface area contributed by atoms with Crippen LogP contribution >= 0.6 is 0 Å². The Kier molecular flexibility index (Phi) is 3.12. The van der Waals surface area contributed by atoms with Gasteiger partial charge in [-0.2, -0.15) is 0 Å². The zero-order chi connectivity index (χ0) is 13.1. The number of anilines is 1. The van der Waals surface area contributed by atoms with Gasteiger partial charge in [-0.3, -0.25) is 0 Å². The van der Waals surface area contributed by atoms with E-state index in [1.807, 2.05) is 18.2 Å². The number of rotatable bonds is 3. The summed E-state index contributed by atoms with van der Waals surface area (Å²) in [5.41, 5.74) is 6.09. The Morgan fingerprint density at radius 1 is 0.895 bits per heavy atom. The molecule has 3 heteroatoms. The molecule has 0 amide bonds. The molecule has 19 heavy (non-hydrogen) atoms. The Balaban J connectivity index is 2.07. The van der Waals surface area contributed by atoms with Gasteiger partial charge in [0.2, 0.25) is 0 Å². The largest absolute Gasteiger partial charge is 0.308 e. The van der Waals surface area contributed by atoms with E-state index in [0.717, 1.165) is 17.3 Å². The predicted molar refractivity (Wildman–Crippen MR) is 78.8 cm³/mol. The predicted octanol–water partition coefficient (Wildman–Crippen LogP) is 3.11. The first-order valence-corrected chi connectivity index (χ1v) is 6.26. The van der Waals surface area contributed by atoms with Crippen molar-refractivity contribution in [2.75, 3.05) is 5.43 Å². The van der Waals surface area contributed by atoms with E-state index in [2.05, 4.69) is 52.9 Å². The van der Waals surface area contributed by atoms with Crippen LogP contribution in [0.2, 0.25) is 0 Å². The molecule has 1 aromatic heterocycles. The van der Waals surface area contributed by atoms with Crippen LogP contribution < -0.4 is 11.3 Å². The molecule has 94 valence electrons. The molecular formula is C16H15N3. The number of hydrogen-bond acceptors (Lipinski definition) is 3. The summed E-state index contributed by atoms with van der Waals surface area (Å²) >= 11 is 0. The first-order valence-electron chi connectivity index (χ1n) is 6.26. The van der Waals surface area contributed by atoms with E-state index < -0.39 is 0 Å². The summed E-state index contributed by atoms with van der Waals surface area (Å²) in [6.45, 7) is 0. The van der Waals surface area contributed by atoms with E-state index in [-0.39, 0.29) is 0 Å². The molecule has 0 aliphatic carbocycles. The van der Waals surface area contributed by atoms with Crippen LogP contribution in [-0.2, 0) is 6.42 Å².